The highest BCUT2D eigenvalue weighted by atomic mass is 79.9. The van der Waals surface area contributed by atoms with Crippen LogP contribution in [0.4, 0.5) is 0 Å². The van der Waals surface area contributed by atoms with E-state index < -0.39 is 0 Å². The Kier molecular flexibility index (Phi) is 9.60. The molecule has 0 saturated carbocycles. The quantitative estimate of drug-likeness (QED) is 0.769. The van der Waals surface area contributed by atoms with Gasteiger partial charge in [0.1, 0.15) is 12.4 Å². The van der Waals surface area contributed by atoms with Gasteiger partial charge in [0.25, 0.3) is 0 Å². The number of hydrogen-bond acceptors (Lipinski definition) is 2. The van der Waals surface area contributed by atoms with Crippen LogP contribution in [0.1, 0.15) is 20.3 Å². The molecule has 0 fully saturated rings. The van der Waals surface area contributed by atoms with E-state index in [9.17, 15) is 0 Å². The second-order valence-corrected chi connectivity index (χ2v) is 5.07. The van der Waals surface area contributed by atoms with Crippen LogP contribution in [0.5, 0.6) is 5.75 Å². The molecule has 1 aromatic rings. The molecule has 0 aliphatic heterocycles. The van der Waals surface area contributed by atoms with Crippen LogP contribution in [0.2, 0.25) is 0 Å². The van der Waals surface area contributed by atoms with E-state index in [-0.39, 0.29) is 12.4 Å². The van der Waals surface area contributed by atoms with Crippen molar-refractivity contribution in [2.75, 3.05) is 19.7 Å². The van der Waals surface area contributed by atoms with E-state index in [4.69, 9.17) is 4.74 Å². The molecular formula is C13H21BrClNO. The smallest absolute Gasteiger partial charge is 0.133 e. The summed E-state index contributed by atoms with van der Waals surface area (Å²) in [6.45, 7) is 7.14. The molecule has 0 saturated heterocycles. The maximum Gasteiger partial charge on any atom is 0.133 e. The number of rotatable bonds is 7. The molecule has 0 radical (unpaired) electrons. The zero-order valence-corrected chi connectivity index (χ0v) is 12.8. The number of para-hydroxylation sites is 1. The van der Waals surface area contributed by atoms with Gasteiger partial charge in [-0.05, 0) is 46.9 Å². The molecule has 0 aromatic heterocycles. The van der Waals surface area contributed by atoms with Crippen molar-refractivity contribution in [1.82, 2.24) is 5.32 Å². The first-order valence-electron chi connectivity index (χ1n) is 5.78. The molecule has 4 heteroatoms. The lowest BCUT2D eigenvalue weighted by molar-refractivity contribution is 0.310. The summed E-state index contributed by atoms with van der Waals surface area (Å²) in [6.07, 6.45) is 1.22. The van der Waals surface area contributed by atoms with Gasteiger partial charge in [0, 0.05) is 6.54 Å². The van der Waals surface area contributed by atoms with Crippen molar-refractivity contribution in [2.45, 2.75) is 20.3 Å². The fraction of sp³-hybridized carbons (Fsp3) is 0.538. The second-order valence-electron chi connectivity index (χ2n) is 4.21. The second kappa shape index (κ2) is 9.75. The Hall–Kier alpha value is -0.250. The molecule has 0 heterocycles. The van der Waals surface area contributed by atoms with Crippen molar-refractivity contribution >= 4 is 28.3 Å². The van der Waals surface area contributed by atoms with Crippen molar-refractivity contribution in [1.29, 1.82) is 0 Å². The van der Waals surface area contributed by atoms with Crippen molar-refractivity contribution in [3.05, 3.63) is 28.7 Å². The molecule has 1 N–H and O–H groups in total. The van der Waals surface area contributed by atoms with E-state index in [1.54, 1.807) is 0 Å². The molecule has 1 rings (SSSR count). The Morgan fingerprint density at radius 3 is 2.59 bits per heavy atom. The van der Waals surface area contributed by atoms with Gasteiger partial charge in [0.2, 0.25) is 0 Å². The number of hydrogen-bond donors (Lipinski definition) is 1. The number of ether oxygens (including phenoxy) is 1. The van der Waals surface area contributed by atoms with Crippen LogP contribution in [0, 0.1) is 5.92 Å². The minimum atomic E-state index is 0. The van der Waals surface area contributed by atoms with Gasteiger partial charge in [0.15, 0.2) is 0 Å². The fourth-order valence-electron chi connectivity index (χ4n) is 1.31. The maximum atomic E-state index is 5.63. The third-order valence-electron chi connectivity index (χ3n) is 2.27. The predicted molar refractivity (Wildman–Crippen MR) is 79.2 cm³/mol. The molecule has 0 unspecified atom stereocenters. The molecule has 0 spiro atoms. The standard InChI is InChI=1S/C13H20BrNO.ClH/c1-11(2)7-8-15-9-10-16-13-6-4-3-5-12(13)14;/h3-6,11,15H,7-10H2,1-2H3;1H. The van der Waals surface area contributed by atoms with Gasteiger partial charge < -0.3 is 10.1 Å². The fourth-order valence-corrected chi connectivity index (χ4v) is 1.71. The van der Waals surface area contributed by atoms with Crippen molar-refractivity contribution in [3.8, 4) is 5.75 Å². The van der Waals surface area contributed by atoms with Gasteiger partial charge in [-0.1, -0.05) is 26.0 Å². The normalized spacial score (nSPS) is 10.1. The van der Waals surface area contributed by atoms with Gasteiger partial charge >= 0.3 is 0 Å². The first-order valence-corrected chi connectivity index (χ1v) is 6.57. The van der Waals surface area contributed by atoms with Crippen LogP contribution in [-0.2, 0) is 0 Å². The average molecular weight is 323 g/mol. The Bertz CT molecular complexity index is 307. The lowest BCUT2D eigenvalue weighted by Crippen LogP contribution is -2.23. The van der Waals surface area contributed by atoms with E-state index >= 15 is 0 Å². The van der Waals surface area contributed by atoms with E-state index in [1.165, 1.54) is 6.42 Å². The van der Waals surface area contributed by atoms with Crippen molar-refractivity contribution in [2.24, 2.45) is 5.92 Å². The average Bonchev–Trinajstić information content (AvgIpc) is 2.25. The Morgan fingerprint density at radius 2 is 1.94 bits per heavy atom. The van der Waals surface area contributed by atoms with Crippen molar-refractivity contribution < 1.29 is 4.74 Å². The molecule has 17 heavy (non-hydrogen) atoms. The van der Waals surface area contributed by atoms with Gasteiger partial charge in [-0.25, -0.2) is 0 Å². The molecule has 98 valence electrons. The van der Waals surface area contributed by atoms with Gasteiger partial charge in [-0.3, -0.25) is 0 Å². The van der Waals surface area contributed by atoms with E-state index in [2.05, 4.69) is 35.1 Å². The molecule has 1 aromatic carbocycles. The topological polar surface area (TPSA) is 21.3 Å². The lowest BCUT2D eigenvalue weighted by atomic mass is 10.1. The molecule has 0 bridgehead atoms. The maximum absolute atomic E-state index is 5.63. The molecule has 0 atom stereocenters. The summed E-state index contributed by atoms with van der Waals surface area (Å²) in [4.78, 5) is 0. The van der Waals surface area contributed by atoms with E-state index in [1.807, 2.05) is 24.3 Å². The van der Waals surface area contributed by atoms with Crippen LogP contribution in [0.25, 0.3) is 0 Å². The van der Waals surface area contributed by atoms with Crippen LogP contribution in [0.15, 0.2) is 28.7 Å². The SMILES string of the molecule is CC(C)CCNCCOc1ccccc1Br.Cl. The van der Waals surface area contributed by atoms with E-state index in [0.717, 1.165) is 29.2 Å². The van der Waals surface area contributed by atoms with Crippen LogP contribution in [-0.4, -0.2) is 19.7 Å². The summed E-state index contributed by atoms with van der Waals surface area (Å²) < 4.78 is 6.65. The highest BCUT2D eigenvalue weighted by Gasteiger charge is 1.98. The highest BCUT2D eigenvalue weighted by Crippen LogP contribution is 2.23. The Morgan fingerprint density at radius 1 is 1.24 bits per heavy atom. The monoisotopic (exact) mass is 321 g/mol. The summed E-state index contributed by atoms with van der Waals surface area (Å²) in [7, 11) is 0. The van der Waals surface area contributed by atoms with E-state index in [0.29, 0.717) is 6.61 Å². The molecule has 0 amide bonds. The predicted octanol–water partition coefficient (Wildman–Crippen LogP) is 3.89. The lowest BCUT2D eigenvalue weighted by Gasteiger charge is -2.09. The minimum Gasteiger partial charge on any atom is -0.491 e. The van der Waals surface area contributed by atoms with Crippen molar-refractivity contribution in [3.63, 3.8) is 0 Å². The highest BCUT2D eigenvalue weighted by molar-refractivity contribution is 9.10. The molecule has 0 aliphatic rings. The Labute approximate surface area is 119 Å². The summed E-state index contributed by atoms with van der Waals surface area (Å²) >= 11 is 3.45. The number of benzene rings is 1. The largest absolute Gasteiger partial charge is 0.491 e. The molecule has 0 aliphatic carbocycles. The molecule has 2 nitrogen and oxygen atoms in total. The third-order valence-corrected chi connectivity index (χ3v) is 2.93. The first-order chi connectivity index (χ1) is 7.70. The summed E-state index contributed by atoms with van der Waals surface area (Å²) in [5.74, 6) is 1.67. The number of halogens is 2. The minimum absolute atomic E-state index is 0. The zero-order chi connectivity index (χ0) is 11.8. The van der Waals surface area contributed by atoms with Gasteiger partial charge in [-0.2, -0.15) is 0 Å². The van der Waals surface area contributed by atoms with Crippen LogP contribution in [0.3, 0.4) is 0 Å². The van der Waals surface area contributed by atoms with Gasteiger partial charge in [-0.15, -0.1) is 12.4 Å². The van der Waals surface area contributed by atoms with Crippen LogP contribution < -0.4 is 10.1 Å². The zero-order valence-electron chi connectivity index (χ0n) is 10.4. The number of nitrogens with one attached hydrogen (secondary N) is 1. The molecular weight excluding hydrogens is 302 g/mol. The summed E-state index contributed by atoms with van der Waals surface area (Å²) in [5, 5.41) is 3.37. The Balaban J connectivity index is 0.00000256. The van der Waals surface area contributed by atoms with Crippen LogP contribution >= 0.6 is 28.3 Å². The summed E-state index contributed by atoms with van der Waals surface area (Å²) in [5.41, 5.74) is 0. The summed E-state index contributed by atoms with van der Waals surface area (Å²) in [6, 6.07) is 7.92. The van der Waals surface area contributed by atoms with Gasteiger partial charge in [0.05, 0.1) is 4.47 Å². The first kappa shape index (κ1) is 16.8. The third kappa shape index (κ3) is 7.63.